The van der Waals surface area contributed by atoms with Crippen molar-refractivity contribution in [3.8, 4) is 11.5 Å². The van der Waals surface area contributed by atoms with E-state index in [1.807, 2.05) is 6.92 Å². The van der Waals surface area contributed by atoms with Gasteiger partial charge >= 0.3 is 0 Å². The SMILES string of the molecule is Cc1nsc(N)c1-c1nc(CCO)no1. The van der Waals surface area contributed by atoms with Gasteiger partial charge in [0.2, 0.25) is 0 Å². The van der Waals surface area contributed by atoms with E-state index in [-0.39, 0.29) is 6.61 Å². The molecule has 2 rings (SSSR count). The largest absolute Gasteiger partial charge is 0.396 e. The van der Waals surface area contributed by atoms with Gasteiger partial charge in [-0.1, -0.05) is 5.16 Å². The van der Waals surface area contributed by atoms with Gasteiger partial charge in [-0.25, -0.2) is 0 Å². The van der Waals surface area contributed by atoms with Crippen molar-refractivity contribution in [1.29, 1.82) is 0 Å². The zero-order chi connectivity index (χ0) is 10.8. The average Bonchev–Trinajstić information content (AvgIpc) is 2.75. The summed E-state index contributed by atoms with van der Waals surface area (Å²) in [5.74, 6) is 0.833. The molecule has 0 atom stereocenters. The Morgan fingerprint density at radius 3 is 2.93 bits per heavy atom. The van der Waals surface area contributed by atoms with Crippen LogP contribution in [0.5, 0.6) is 0 Å². The summed E-state index contributed by atoms with van der Waals surface area (Å²) in [4.78, 5) is 4.11. The van der Waals surface area contributed by atoms with Gasteiger partial charge in [0.25, 0.3) is 5.89 Å². The third-order valence-electron chi connectivity index (χ3n) is 1.91. The highest BCUT2D eigenvalue weighted by atomic mass is 32.1. The van der Waals surface area contributed by atoms with Crippen LogP contribution in [0.25, 0.3) is 11.5 Å². The van der Waals surface area contributed by atoms with Crippen molar-refractivity contribution in [3.05, 3.63) is 11.5 Å². The van der Waals surface area contributed by atoms with Crippen molar-refractivity contribution in [2.45, 2.75) is 13.3 Å². The first-order valence-electron chi connectivity index (χ1n) is 4.38. The van der Waals surface area contributed by atoms with E-state index in [0.717, 1.165) is 5.69 Å². The molecule has 80 valence electrons. The topological polar surface area (TPSA) is 98.1 Å². The summed E-state index contributed by atoms with van der Waals surface area (Å²) >= 11 is 1.20. The number of hydrogen-bond acceptors (Lipinski definition) is 7. The number of aryl methyl sites for hydroxylation is 1. The van der Waals surface area contributed by atoms with Crippen molar-refractivity contribution in [3.63, 3.8) is 0 Å². The van der Waals surface area contributed by atoms with E-state index in [1.165, 1.54) is 11.5 Å². The lowest BCUT2D eigenvalue weighted by atomic mass is 10.2. The summed E-state index contributed by atoms with van der Waals surface area (Å²) in [5, 5.41) is 13.0. The molecule has 15 heavy (non-hydrogen) atoms. The second kappa shape index (κ2) is 3.95. The fourth-order valence-electron chi connectivity index (χ4n) is 1.20. The molecule has 0 saturated carbocycles. The molecule has 7 heteroatoms. The standard InChI is InChI=1S/C8H10N4O2S/c1-4-6(7(9)15-12-4)8-10-5(2-3-13)11-14-8/h13H,2-3,9H2,1H3. The lowest BCUT2D eigenvalue weighted by Crippen LogP contribution is -1.93. The average molecular weight is 226 g/mol. The molecule has 0 aliphatic carbocycles. The first-order valence-corrected chi connectivity index (χ1v) is 5.15. The Morgan fingerprint density at radius 1 is 1.53 bits per heavy atom. The first-order chi connectivity index (χ1) is 7.22. The zero-order valence-corrected chi connectivity index (χ0v) is 8.91. The smallest absolute Gasteiger partial charge is 0.262 e. The lowest BCUT2D eigenvalue weighted by molar-refractivity contribution is 0.293. The van der Waals surface area contributed by atoms with Crippen LogP contribution in [-0.2, 0) is 6.42 Å². The van der Waals surface area contributed by atoms with Crippen LogP contribution in [0.4, 0.5) is 5.00 Å². The fourth-order valence-corrected chi connectivity index (χ4v) is 1.86. The van der Waals surface area contributed by atoms with Gasteiger partial charge in [-0.2, -0.15) is 9.36 Å². The third kappa shape index (κ3) is 1.83. The summed E-state index contributed by atoms with van der Waals surface area (Å²) in [5.41, 5.74) is 7.20. The maximum absolute atomic E-state index is 8.71. The Hall–Kier alpha value is -1.47. The molecule has 0 saturated heterocycles. The van der Waals surface area contributed by atoms with Crippen molar-refractivity contribution in [2.75, 3.05) is 12.3 Å². The normalized spacial score (nSPS) is 10.8. The van der Waals surface area contributed by atoms with Crippen LogP contribution in [0.3, 0.4) is 0 Å². The van der Waals surface area contributed by atoms with Crippen molar-refractivity contribution >= 4 is 16.5 Å². The molecule has 2 heterocycles. The highest BCUT2D eigenvalue weighted by Gasteiger charge is 2.16. The maximum Gasteiger partial charge on any atom is 0.262 e. The van der Waals surface area contributed by atoms with E-state index in [4.69, 9.17) is 15.4 Å². The second-order valence-electron chi connectivity index (χ2n) is 3.00. The van der Waals surface area contributed by atoms with E-state index in [9.17, 15) is 0 Å². The highest BCUT2D eigenvalue weighted by Crippen LogP contribution is 2.30. The van der Waals surface area contributed by atoms with Crippen LogP contribution >= 0.6 is 11.5 Å². The van der Waals surface area contributed by atoms with Crippen molar-refractivity contribution < 1.29 is 9.63 Å². The number of nitrogens with zero attached hydrogens (tertiary/aromatic N) is 3. The number of anilines is 1. The Morgan fingerprint density at radius 2 is 2.33 bits per heavy atom. The summed E-state index contributed by atoms with van der Waals surface area (Å²) in [6.45, 7) is 1.83. The molecule has 0 fully saturated rings. The maximum atomic E-state index is 8.71. The summed E-state index contributed by atoms with van der Waals surface area (Å²) in [6.07, 6.45) is 0.375. The number of nitrogen functional groups attached to an aromatic ring is 1. The summed E-state index contributed by atoms with van der Waals surface area (Å²) in [6, 6.07) is 0. The fraction of sp³-hybridized carbons (Fsp3) is 0.375. The van der Waals surface area contributed by atoms with Crippen LogP contribution in [0, 0.1) is 6.92 Å². The Bertz CT molecular complexity index is 445. The quantitative estimate of drug-likeness (QED) is 0.796. The highest BCUT2D eigenvalue weighted by molar-refractivity contribution is 7.10. The molecule has 0 spiro atoms. The van der Waals surface area contributed by atoms with E-state index >= 15 is 0 Å². The predicted octanol–water partition coefficient (Wildman–Crippen LogP) is 0.619. The number of aromatic nitrogens is 3. The van der Waals surface area contributed by atoms with Crippen molar-refractivity contribution in [2.24, 2.45) is 0 Å². The number of nitrogens with two attached hydrogens (primary N) is 1. The molecular formula is C8H10N4O2S. The molecule has 0 radical (unpaired) electrons. The van der Waals surface area contributed by atoms with Gasteiger partial charge < -0.3 is 15.4 Å². The zero-order valence-electron chi connectivity index (χ0n) is 8.10. The molecule has 0 aliphatic rings. The molecule has 0 unspecified atom stereocenters. The Labute approximate surface area is 89.9 Å². The van der Waals surface area contributed by atoms with Gasteiger partial charge in [-0.3, -0.25) is 0 Å². The van der Waals surface area contributed by atoms with E-state index in [0.29, 0.717) is 28.7 Å². The minimum Gasteiger partial charge on any atom is -0.396 e. The Balaban J connectivity index is 2.37. The van der Waals surface area contributed by atoms with Gasteiger partial charge in [0.1, 0.15) is 5.00 Å². The van der Waals surface area contributed by atoms with Gasteiger partial charge in [0, 0.05) is 6.42 Å². The number of aliphatic hydroxyl groups excluding tert-OH is 1. The van der Waals surface area contributed by atoms with Crippen molar-refractivity contribution in [1.82, 2.24) is 14.5 Å². The first kappa shape index (κ1) is 10.1. The van der Waals surface area contributed by atoms with Crippen LogP contribution < -0.4 is 5.73 Å². The molecule has 6 nitrogen and oxygen atoms in total. The minimum atomic E-state index is -0.00464. The molecular weight excluding hydrogens is 216 g/mol. The second-order valence-corrected chi connectivity index (χ2v) is 3.80. The Kier molecular flexibility index (Phi) is 2.65. The lowest BCUT2D eigenvalue weighted by Gasteiger charge is -1.91. The molecule has 3 N–H and O–H groups in total. The summed E-state index contributed by atoms with van der Waals surface area (Å²) < 4.78 is 9.12. The molecule has 0 aromatic carbocycles. The van der Waals surface area contributed by atoms with E-state index in [2.05, 4.69) is 14.5 Å². The van der Waals surface area contributed by atoms with Crippen LogP contribution in [-0.4, -0.2) is 26.2 Å². The molecule has 0 bridgehead atoms. The van der Waals surface area contributed by atoms with Gasteiger partial charge in [0.05, 0.1) is 17.9 Å². The molecule has 0 amide bonds. The molecule has 2 aromatic rings. The van der Waals surface area contributed by atoms with Crippen LogP contribution in [0.2, 0.25) is 0 Å². The molecule has 2 aromatic heterocycles. The van der Waals surface area contributed by atoms with E-state index in [1.54, 1.807) is 0 Å². The summed E-state index contributed by atoms with van der Waals surface area (Å²) in [7, 11) is 0. The number of aliphatic hydroxyl groups is 1. The molecule has 0 aliphatic heterocycles. The number of rotatable bonds is 3. The minimum absolute atomic E-state index is 0.00464. The van der Waals surface area contributed by atoms with Crippen LogP contribution in [0.15, 0.2) is 4.52 Å². The van der Waals surface area contributed by atoms with Gasteiger partial charge in [-0.15, -0.1) is 0 Å². The van der Waals surface area contributed by atoms with Crippen LogP contribution in [0.1, 0.15) is 11.5 Å². The predicted molar refractivity (Wildman–Crippen MR) is 55.3 cm³/mol. The number of hydrogen-bond donors (Lipinski definition) is 2. The van der Waals surface area contributed by atoms with E-state index < -0.39 is 0 Å². The van der Waals surface area contributed by atoms with Gasteiger partial charge in [-0.05, 0) is 18.5 Å². The van der Waals surface area contributed by atoms with Gasteiger partial charge in [0.15, 0.2) is 5.82 Å². The third-order valence-corrected chi connectivity index (χ3v) is 2.67. The monoisotopic (exact) mass is 226 g/mol.